The Balaban J connectivity index is 2.13. The number of ether oxygens (including phenoxy) is 1. The van der Waals surface area contributed by atoms with Crippen LogP contribution in [0.25, 0.3) is 0 Å². The highest BCUT2D eigenvalue weighted by molar-refractivity contribution is 5.03. The molecule has 1 fully saturated rings. The van der Waals surface area contributed by atoms with Crippen molar-refractivity contribution in [2.45, 2.75) is 38.6 Å². The van der Waals surface area contributed by atoms with Gasteiger partial charge in [-0.2, -0.15) is 0 Å². The predicted molar refractivity (Wildman–Crippen MR) is 48.7 cm³/mol. The molecule has 4 heteroatoms. The van der Waals surface area contributed by atoms with Gasteiger partial charge in [0.2, 0.25) is 5.88 Å². The predicted octanol–water partition coefficient (Wildman–Crippen LogP) is 1.79. The van der Waals surface area contributed by atoms with Crippen LogP contribution in [0.4, 0.5) is 0 Å². The molecule has 13 heavy (non-hydrogen) atoms. The van der Waals surface area contributed by atoms with Crippen LogP contribution in [0.3, 0.4) is 0 Å². The fourth-order valence-electron chi connectivity index (χ4n) is 1.89. The molecule has 0 saturated heterocycles. The van der Waals surface area contributed by atoms with Gasteiger partial charge < -0.3 is 4.74 Å². The van der Waals surface area contributed by atoms with E-state index in [-0.39, 0.29) is 0 Å². The van der Waals surface area contributed by atoms with E-state index in [1.165, 1.54) is 25.7 Å². The first kappa shape index (κ1) is 8.53. The molecule has 0 radical (unpaired) electrons. The van der Waals surface area contributed by atoms with Crippen molar-refractivity contribution in [3.05, 3.63) is 6.20 Å². The molecule has 0 aliphatic heterocycles. The van der Waals surface area contributed by atoms with Gasteiger partial charge in [0, 0.05) is 0 Å². The van der Waals surface area contributed by atoms with Crippen molar-refractivity contribution in [1.82, 2.24) is 15.0 Å². The van der Waals surface area contributed by atoms with Crippen molar-refractivity contribution in [2.24, 2.45) is 0 Å². The molecule has 0 bridgehead atoms. The molecular weight excluding hydrogens is 166 g/mol. The second-order valence-corrected chi connectivity index (χ2v) is 3.39. The van der Waals surface area contributed by atoms with Gasteiger partial charge in [0.15, 0.2) is 0 Å². The molecule has 1 aliphatic carbocycles. The Morgan fingerprint density at radius 2 is 2.31 bits per heavy atom. The minimum atomic E-state index is 0.518. The molecule has 0 N–H and O–H groups in total. The average molecular weight is 181 g/mol. The SMILES string of the molecule is CCOc1cnnn1C1CCCC1. The van der Waals surface area contributed by atoms with Gasteiger partial charge >= 0.3 is 0 Å². The van der Waals surface area contributed by atoms with Crippen molar-refractivity contribution in [3.8, 4) is 5.88 Å². The van der Waals surface area contributed by atoms with Crippen molar-refractivity contribution >= 4 is 0 Å². The lowest BCUT2D eigenvalue weighted by Gasteiger charge is -2.11. The molecule has 1 saturated carbocycles. The summed E-state index contributed by atoms with van der Waals surface area (Å²) in [5, 5.41) is 7.93. The molecule has 2 rings (SSSR count). The second kappa shape index (κ2) is 3.77. The minimum absolute atomic E-state index is 0.518. The monoisotopic (exact) mass is 181 g/mol. The molecule has 1 heterocycles. The van der Waals surface area contributed by atoms with Gasteiger partial charge in [0.05, 0.1) is 12.6 Å². The number of nitrogens with zero attached hydrogens (tertiary/aromatic N) is 3. The Morgan fingerprint density at radius 3 is 3.00 bits per heavy atom. The molecule has 0 unspecified atom stereocenters. The summed E-state index contributed by atoms with van der Waals surface area (Å²) in [5.41, 5.74) is 0. The quantitative estimate of drug-likeness (QED) is 0.713. The van der Waals surface area contributed by atoms with Crippen LogP contribution < -0.4 is 4.74 Å². The van der Waals surface area contributed by atoms with Crippen molar-refractivity contribution in [2.75, 3.05) is 6.61 Å². The maximum atomic E-state index is 5.43. The first-order valence-electron chi connectivity index (χ1n) is 4.95. The standard InChI is InChI=1S/C9H15N3O/c1-2-13-9-7-10-11-12(9)8-5-3-4-6-8/h7-8H,2-6H2,1H3. The average Bonchev–Trinajstić information content (AvgIpc) is 2.71. The zero-order valence-corrected chi connectivity index (χ0v) is 7.94. The first-order chi connectivity index (χ1) is 6.42. The molecule has 0 aromatic carbocycles. The van der Waals surface area contributed by atoms with Gasteiger partial charge in [-0.15, -0.1) is 5.10 Å². The lowest BCUT2D eigenvalue weighted by molar-refractivity contribution is 0.283. The first-order valence-corrected chi connectivity index (χ1v) is 4.95. The molecule has 0 spiro atoms. The summed E-state index contributed by atoms with van der Waals surface area (Å²) in [6.45, 7) is 2.66. The van der Waals surface area contributed by atoms with Gasteiger partial charge in [0.1, 0.15) is 6.20 Å². The van der Waals surface area contributed by atoms with Crippen LogP contribution in [0.1, 0.15) is 38.6 Å². The van der Waals surface area contributed by atoms with Crippen LogP contribution in [0.2, 0.25) is 0 Å². The van der Waals surface area contributed by atoms with E-state index in [9.17, 15) is 0 Å². The highest BCUT2D eigenvalue weighted by Gasteiger charge is 2.20. The minimum Gasteiger partial charge on any atom is -0.477 e. The number of hydrogen-bond donors (Lipinski definition) is 0. The summed E-state index contributed by atoms with van der Waals surface area (Å²) in [4.78, 5) is 0. The van der Waals surface area contributed by atoms with Gasteiger partial charge in [0.25, 0.3) is 0 Å². The summed E-state index contributed by atoms with van der Waals surface area (Å²) >= 11 is 0. The van der Waals surface area contributed by atoms with Crippen molar-refractivity contribution < 1.29 is 4.74 Å². The Morgan fingerprint density at radius 1 is 1.54 bits per heavy atom. The number of hydrogen-bond acceptors (Lipinski definition) is 3. The zero-order valence-electron chi connectivity index (χ0n) is 7.94. The maximum absolute atomic E-state index is 5.43. The summed E-state index contributed by atoms with van der Waals surface area (Å²) in [6, 6.07) is 0.518. The summed E-state index contributed by atoms with van der Waals surface area (Å²) < 4.78 is 7.35. The highest BCUT2D eigenvalue weighted by atomic mass is 16.5. The number of aromatic nitrogens is 3. The largest absolute Gasteiger partial charge is 0.477 e. The highest BCUT2D eigenvalue weighted by Crippen LogP contribution is 2.31. The van der Waals surface area contributed by atoms with Gasteiger partial charge in [-0.1, -0.05) is 18.1 Å². The third kappa shape index (κ3) is 1.66. The van der Waals surface area contributed by atoms with E-state index in [4.69, 9.17) is 4.74 Å². The van der Waals surface area contributed by atoms with Crippen LogP contribution in [0.5, 0.6) is 5.88 Å². The Bertz CT molecular complexity index is 266. The summed E-state index contributed by atoms with van der Waals surface area (Å²) in [7, 11) is 0. The Hall–Kier alpha value is -1.06. The van der Waals surface area contributed by atoms with Gasteiger partial charge in [-0.05, 0) is 19.8 Å². The number of rotatable bonds is 3. The molecule has 1 aliphatic rings. The molecule has 72 valence electrons. The normalized spacial score (nSPS) is 17.9. The summed E-state index contributed by atoms with van der Waals surface area (Å²) in [5.74, 6) is 0.814. The smallest absolute Gasteiger partial charge is 0.232 e. The second-order valence-electron chi connectivity index (χ2n) is 3.39. The van der Waals surface area contributed by atoms with E-state index in [1.807, 2.05) is 11.6 Å². The fourth-order valence-corrected chi connectivity index (χ4v) is 1.89. The van der Waals surface area contributed by atoms with E-state index in [2.05, 4.69) is 10.3 Å². The van der Waals surface area contributed by atoms with Crippen molar-refractivity contribution in [1.29, 1.82) is 0 Å². The molecule has 0 atom stereocenters. The van der Waals surface area contributed by atoms with Crippen LogP contribution >= 0.6 is 0 Å². The van der Waals surface area contributed by atoms with Crippen LogP contribution in [-0.4, -0.2) is 21.6 Å². The van der Waals surface area contributed by atoms with E-state index < -0.39 is 0 Å². The van der Waals surface area contributed by atoms with E-state index in [0.29, 0.717) is 12.6 Å². The molecule has 1 aromatic heterocycles. The molecular formula is C9H15N3O. The lowest BCUT2D eigenvalue weighted by atomic mass is 10.3. The Labute approximate surface area is 77.9 Å². The van der Waals surface area contributed by atoms with Crippen LogP contribution in [-0.2, 0) is 0 Å². The van der Waals surface area contributed by atoms with Crippen LogP contribution in [0, 0.1) is 0 Å². The third-order valence-electron chi connectivity index (χ3n) is 2.50. The van der Waals surface area contributed by atoms with E-state index >= 15 is 0 Å². The van der Waals surface area contributed by atoms with E-state index in [0.717, 1.165) is 5.88 Å². The van der Waals surface area contributed by atoms with E-state index in [1.54, 1.807) is 6.20 Å². The molecule has 0 amide bonds. The fraction of sp³-hybridized carbons (Fsp3) is 0.778. The summed E-state index contributed by atoms with van der Waals surface area (Å²) in [6.07, 6.45) is 6.72. The Kier molecular flexibility index (Phi) is 2.47. The molecule has 4 nitrogen and oxygen atoms in total. The van der Waals surface area contributed by atoms with Gasteiger partial charge in [-0.3, -0.25) is 0 Å². The van der Waals surface area contributed by atoms with Crippen LogP contribution in [0.15, 0.2) is 6.20 Å². The topological polar surface area (TPSA) is 39.9 Å². The maximum Gasteiger partial charge on any atom is 0.232 e. The van der Waals surface area contributed by atoms with Crippen molar-refractivity contribution in [3.63, 3.8) is 0 Å². The van der Waals surface area contributed by atoms with Gasteiger partial charge in [-0.25, -0.2) is 4.68 Å². The lowest BCUT2D eigenvalue weighted by Crippen LogP contribution is -2.09. The zero-order chi connectivity index (χ0) is 9.10. The third-order valence-corrected chi connectivity index (χ3v) is 2.50. The molecule has 1 aromatic rings.